The maximum absolute atomic E-state index is 11.4. The third kappa shape index (κ3) is 9.33. The summed E-state index contributed by atoms with van der Waals surface area (Å²) in [6.07, 6.45) is 0.337. The summed E-state index contributed by atoms with van der Waals surface area (Å²) in [5, 5.41) is 0. The van der Waals surface area contributed by atoms with E-state index in [1.165, 1.54) is 0 Å². The van der Waals surface area contributed by atoms with Crippen molar-refractivity contribution in [2.75, 3.05) is 6.23 Å². The molecule has 7 heteroatoms. The molecule has 0 atom stereocenters. The summed E-state index contributed by atoms with van der Waals surface area (Å²) in [7, 11) is -5.85. The van der Waals surface area contributed by atoms with Gasteiger partial charge in [-0.1, -0.05) is 6.58 Å². The summed E-state index contributed by atoms with van der Waals surface area (Å²) in [6, 6.07) is 0. The van der Waals surface area contributed by atoms with Crippen molar-refractivity contribution in [2.45, 2.75) is 52.8 Å². The summed E-state index contributed by atoms with van der Waals surface area (Å²) in [6.45, 7) is 19.9. The standard InChI is InChI=1S/C12H28O4Si3/c1-11(2)12(13)14-10-18(6,7)16-19(8,9)15-17(3,4)5/h1,10H2,2-9H3. The van der Waals surface area contributed by atoms with Gasteiger partial charge in [-0.15, -0.1) is 0 Å². The smallest absolute Gasteiger partial charge is 0.332 e. The first-order chi connectivity index (χ1) is 8.24. The molecule has 0 spiro atoms. The minimum absolute atomic E-state index is 0.337. The highest BCUT2D eigenvalue weighted by Crippen LogP contribution is 2.20. The van der Waals surface area contributed by atoms with Gasteiger partial charge < -0.3 is 13.0 Å². The normalized spacial score (nSPS) is 13.3. The molecule has 0 amide bonds. The molecule has 0 rings (SSSR count). The Hall–Kier alpha value is -0.219. The van der Waals surface area contributed by atoms with Crippen LogP contribution in [0.15, 0.2) is 12.2 Å². The van der Waals surface area contributed by atoms with Gasteiger partial charge in [-0.2, -0.15) is 0 Å². The molecule has 0 saturated heterocycles. The molecular formula is C12H28O4Si3. The van der Waals surface area contributed by atoms with Gasteiger partial charge in [0.05, 0.1) is 0 Å². The lowest BCUT2D eigenvalue weighted by Gasteiger charge is -2.37. The average molecular weight is 321 g/mol. The zero-order valence-corrected chi connectivity index (χ0v) is 16.5. The highest BCUT2D eigenvalue weighted by molar-refractivity contribution is 6.87. The van der Waals surface area contributed by atoms with Gasteiger partial charge >= 0.3 is 14.5 Å². The molecular weight excluding hydrogens is 292 g/mol. The number of carbonyl (C=O) groups excluding carboxylic acids is 1. The zero-order chi connectivity index (χ0) is 15.5. The molecule has 4 nitrogen and oxygen atoms in total. The molecule has 0 fully saturated rings. The van der Waals surface area contributed by atoms with Gasteiger partial charge in [0.1, 0.15) is 6.23 Å². The van der Waals surface area contributed by atoms with Crippen LogP contribution in [0.2, 0.25) is 45.8 Å². The van der Waals surface area contributed by atoms with Crippen molar-refractivity contribution in [1.82, 2.24) is 0 Å². The van der Waals surface area contributed by atoms with E-state index in [4.69, 9.17) is 13.0 Å². The van der Waals surface area contributed by atoms with Gasteiger partial charge in [-0.25, -0.2) is 4.79 Å². The number of rotatable bonds is 7. The lowest BCUT2D eigenvalue weighted by atomic mass is 10.4. The first kappa shape index (κ1) is 18.8. The molecule has 0 aromatic rings. The van der Waals surface area contributed by atoms with Gasteiger partial charge in [0, 0.05) is 5.57 Å². The Kier molecular flexibility index (Phi) is 6.41. The SMILES string of the molecule is C=C(C)C(=O)OC[Si](C)(C)O[Si](C)(C)O[Si](C)(C)C. The molecule has 112 valence electrons. The first-order valence-electron chi connectivity index (χ1n) is 6.47. The molecule has 0 aliphatic heterocycles. The summed E-state index contributed by atoms with van der Waals surface area (Å²) >= 11 is 0. The van der Waals surface area contributed by atoms with Gasteiger partial charge in [0.2, 0.25) is 8.32 Å². The van der Waals surface area contributed by atoms with Crippen LogP contribution in [0.25, 0.3) is 0 Å². The van der Waals surface area contributed by atoms with Crippen LogP contribution in [0.4, 0.5) is 0 Å². The van der Waals surface area contributed by atoms with E-state index >= 15 is 0 Å². The summed E-state index contributed by atoms with van der Waals surface area (Å²) in [5.74, 6) is -0.352. The van der Waals surface area contributed by atoms with E-state index in [0.29, 0.717) is 11.8 Å². The number of esters is 1. The third-order valence-electron chi connectivity index (χ3n) is 1.97. The van der Waals surface area contributed by atoms with Gasteiger partial charge in [-0.3, -0.25) is 0 Å². The van der Waals surface area contributed by atoms with Crippen LogP contribution in [0.3, 0.4) is 0 Å². The predicted octanol–water partition coefficient (Wildman–Crippen LogP) is 3.42. The van der Waals surface area contributed by atoms with Crippen LogP contribution >= 0.6 is 0 Å². The Morgan fingerprint density at radius 2 is 1.47 bits per heavy atom. The number of ether oxygens (including phenoxy) is 1. The molecule has 0 saturated carbocycles. The number of carbonyl (C=O) groups is 1. The van der Waals surface area contributed by atoms with E-state index in [1.54, 1.807) is 6.92 Å². The topological polar surface area (TPSA) is 44.8 Å². The molecule has 0 aliphatic rings. The Morgan fingerprint density at radius 1 is 1.00 bits per heavy atom. The van der Waals surface area contributed by atoms with Crippen LogP contribution in [0, 0.1) is 0 Å². The lowest BCUT2D eigenvalue weighted by Crippen LogP contribution is -2.53. The predicted molar refractivity (Wildman–Crippen MR) is 86.3 cm³/mol. The van der Waals surface area contributed by atoms with E-state index in [-0.39, 0.29) is 5.97 Å². The fraction of sp³-hybridized carbons (Fsp3) is 0.750. The molecule has 0 aromatic carbocycles. The van der Waals surface area contributed by atoms with Crippen molar-refractivity contribution >= 4 is 31.2 Å². The monoisotopic (exact) mass is 320 g/mol. The van der Waals surface area contributed by atoms with Crippen LogP contribution in [-0.2, 0) is 17.8 Å². The molecule has 0 bridgehead atoms. The fourth-order valence-electron chi connectivity index (χ4n) is 1.82. The molecule has 0 N–H and O–H groups in total. The molecule has 0 aliphatic carbocycles. The number of hydrogen-bond acceptors (Lipinski definition) is 4. The van der Waals surface area contributed by atoms with Crippen LogP contribution in [0.5, 0.6) is 0 Å². The Morgan fingerprint density at radius 3 is 1.84 bits per heavy atom. The Bertz CT molecular complexity index is 345. The minimum atomic E-state index is -2.16. The highest BCUT2D eigenvalue weighted by atomic mass is 28.5. The van der Waals surface area contributed by atoms with E-state index in [0.717, 1.165) is 0 Å². The third-order valence-corrected chi connectivity index (χ3v) is 11.4. The maximum atomic E-state index is 11.4. The van der Waals surface area contributed by atoms with Crippen LogP contribution in [-0.4, -0.2) is 37.4 Å². The Balaban J connectivity index is 4.50. The maximum Gasteiger partial charge on any atom is 0.332 e. The van der Waals surface area contributed by atoms with Crippen molar-refractivity contribution in [1.29, 1.82) is 0 Å². The largest absolute Gasteiger partial charge is 0.463 e. The fourth-order valence-corrected chi connectivity index (χ4v) is 14.3. The van der Waals surface area contributed by atoms with E-state index in [2.05, 4.69) is 39.3 Å². The van der Waals surface area contributed by atoms with Crippen molar-refractivity contribution in [3.8, 4) is 0 Å². The van der Waals surface area contributed by atoms with E-state index in [9.17, 15) is 4.79 Å². The summed E-state index contributed by atoms with van der Waals surface area (Å²) < 4.78 is 17.6. The Labute approximate surface area is 120 Å². The summed E-state index contributed by atoms with van der Waals surface area (Å²) in [5.41, 5.74) is 0.416. The van der Waals surface area contributed by atoms with Crippen LogP contribution < -0.4 is 0 Å². The van der Waals surface area contributed by atoms with Crippen molar-refractivity contribution in [3.05, 3.63) is 12.2 Å². The molecule has 0 unspecified atom stereocenters. The highest BCUT2D eigenvalue weighted by Gasteiger charge is 2.38. The molecule has 0 radical (unpaired) electrons. The van der Waals surface area contributed by atoms with Crippen molar-refractivity contribution < 1.29 is 17.8 Å². The number of hydrogen-bond donors (Lipinski definition) is 0. The van der Waals surface area contributed by atoms with Gasteiger partial charge in [0.25, 0.3) is 0 Å². The van der Waals surface area contributed by atoms with Crippen molar-refractivity contribution in [2.24, 2.45) is 0 Å². The van der Waals surface area contributed by atoms with Crippen LogP contribution in [0.1, 0.15) is 6.92 Å². The van der Waals surface area contributed by atoms with Gasteiger partial charge in [-0.05, 0) is 52.8 Å². The molecule has 0 heterocycles. The summed E-state index contributed by atoms with van der Waals surface area (Å²) in [4.78, 5) is 11.4. The molecule has 0 aromatic heterocycles. The van der Waals surface area contributed by atoms with E-state index in [1.807, 2.05) is 13.1 Å². The van der Waals surface area contributed by atoms with Gasteiger partial charge in [0.15, 0.2) is 8.32 Å². The van der Waals surface area contributed by atoms with E-state index < -0.39 is 25.2 Å². The second kappa shape index (κ2) is 6.49. The lowest BCUT2D eigenvalue weighted by molar-refractivity contribution is -0.137. The first-order valence-corrected chi connectivity index (χ1v) is 15.8. The zero-order valence-electron chi connectivity index (χ0n) is 13.5. The van der Waals surface area contributed by atoms with Crippen molar-refractivity contribution in [3.63, 3.8) is 0 Å². The quantitative estimate of drug-likeness (QED) is 0.409. The minimum Gasteiger partial charge on any atom is -0.463 e. The second-order valence-electron chi connectivity index (χ2n) is 6.83. The molecule has 19 heavy (non-hydrogen) atoms. The second-order valence-corrected chi connectivity index (χ2v) is 19.3. The average Bonchev–Trinajstić information content (AvgIpc) is 2.07.